The standard InChI is InChI=1S/C30H56O4Si4/c1-30-19-18-24-23-17-15-22(31-35(2,3)4)20-21(23)14-16-25(24)26(30)27(32-36(5,6)7)28(33-37(8,9)10)29(30)34-38(11,12)13/h15,17,20,24-29H,14,16,18-19H2,1-13H3/t24?,25?,26?,27?,28-,29+,30+/m1/s1. The van der Waals surface area contributed by atoms with Gasteiger partial charge < -0.3 is 17.7 Å². The first-order valence-corrected chi connectivity index (χ1v) is 28.7. The number of fused-ring (bicyclic) bond motifs is 5. The van der Waals surface area contributed by atoms with E-state index < -0.39 is 33.3 Å². The SMILES string of the molecule is C[C@]12CCC3c4ccc(O[Si](C)(C)C)cc4CCC3C1C(O[Si](C)(C)C)[C@@H](O[Si](C)(C)C)[C@@H]2O[Si](C)(C)C. The highest BCUT2D eigenvalue weighted by molar-refractivity contribution is 6.71. The molecule has 0 spiro atoms. The van der Waals surface area contributed by atoms with E-state index >= 15 is 0 Å². The molecule has 3 aliphatic carbocycles. The molecule has 7 atom stereocenters. The minimum atomic E-state index is -1.82. The molecule has 4 unspecified atom stereocenters. The van der Waals surface area contributed by atoms with Gasteiger partial charge in [0.15, 0.2) is 25.0 Å². The Kier molecular flexibility index (Phi) is 8.28. The van der Waals surface area contributed by atoms with Gasteiger partial charge in [0.1, 0.15) is 5.75 Å². The molecule has 2 fully saturated rings. The van der Waals surface area contributed by atoms with Crippen LogP contribution in [0.5, 0.6) is 5.75 Å². The summed E-state index contributed by atoms with van der Waals surface area (Å²) in [6.45, 7) is 30.4. The summed E-state index contributed by atoms with van der Waals surface area (Å²) in [4.78, 5) is 0. The van der Waals surface area contributed by atoms with Crippen LogP contribution in [-0.2, 0) is 19.7 Å². The lowest BCUT2D eigenvalue weighted by atomic mass is 9.55. The van der Waals surface area contributed by atoms with Crippen LogP contribution < -0.4 is 4.43 Å². The lowest BCUT2D eigenvalue weighted by Gasteiger charge is -2.52. The molecule has 0 saturated heterocycles. The van der Waals surface area contributed by atoms with Crippen molar-refractivity contribution in [1.29, 1.82) is 0 Å². The fraction of sp³-hybridized carbons (Fsp3) is 0.800. The first kappa shape index (κ1) is 30.7. The average molecular weight is 593 g/mol. The Balaban J connectivity index is 1.76. The zero-order valence-corrected chi connectivity index (χ0v) is 30.7. The molecule has 38 heavy (non-hydrogen) atoms. The van der Waals surface area contributed by atoms with Crippen LogP contribution in [0.15, 0.2) is 18.2 Å². The molecule has 0 heterocycles. The van der Waals surface area contributed by atoms with Gasteiger partial charge in [-0.3, -0.25) is 0 Å². The Labute approximate surface area is 238 Å². The van der Waals surface area contributed by atoms with Crippen LogP contribution in [0.2, 0.25) is 78.6 Å². The third-order valence-corrected chi connectivity index (χ3v) is 12.3. The Hall–Kier alpha value is -0.232. The van der Waals surface area contributed by atoms with Crippen LogP contribution in [-0.4, -0.2) is 51.6 Å². The maximum atomic E-state index is 7.20. The van der Waals surface area contributed by atoms with E-state index in [4.69, 9.17) is 17.7 Å². The van der Waals surface area contributed by atoms with Crippen LogP contribution >= 0.6 is 0 Å². The second-order valence-electron chi connectivity index (χ2n) is 16.5. The van der Waals surface area contributed by atoms with E-state index in [0.29, 0.717) is 17.8 Å². The Morgan fingerprint density at radius 3 is 1.84 bits per heavy atom. The molecule has 1 aromatic carbocycles. The van der Waals surface area contributed by atoms with Crippen molar-refractivity contribution in [2.24, 2.45) is 17.3 Å². The molecule has 4 rings (SSSR count). The fourth-order valence-corrected chi connectivity index (χ4v) is 11.8. The van der Waals surface area contributed by atoms with Crippen molar-refractivity contribution in [2.75, 3.05) is 0 Å². The minimum absolute atomic E-state index is 0.0304. The van der Waals surface area contributed by atoms with Gasteiger partial charge in [0.25, 0.3) is 0 Å². The fourth-order valence-electron chi connectivity index (χ4n) is 7.62. The number of hydrogen-bond acceptors (Lipinski definition) is 4. The predicted octanol–water partition coefficient (Wildman–Crippen LogP) is 8.64. The Morgan fingerprint density at radius 2 is 1.29 bits per heavy atom. The van der Waals surface area contributed by atoms with Crippen LogP contribution in [0, 0.1) is 17.3 Å². The van der Waals surface area contributed by atoms with E-state index in [1.165, 1.54) is 24.8 Å². The third kappa shape index (κ3) is 6.79. The highest BCUT2D eigenvalue weighted by Crippen LogP contribution is 2.63. The summed E-state index contributed by atoms with van der Waals surface area (Å²) in [5.74, 6) is 2.72. The summed E-state index contributed by atoms with van der Waals surface area (Å²) in [7, 11) is -7.06. The summed E-state index contributed by atoms with van der Waals surface area (Å²) >= 11 is 0. The quantitative estimate of drug-likeness (QED) is 0.283. The minimum Gasteiger partial charge on any atom is -0.544 e. The van der Waals surface area contributed by atoms with Crippen LogP contribution in [0.25, 0.3) is 0 Å². The van der Waals surface area contributed by atoms with E-state index in [0.717, 1.165) is 12.2 Å². The van der Waals surface area contributed by atoms with Crippen molar-refractivity contribution in [3.8, 4) is 5.75 Å². The van der Waals surface area contributed by atoms with Gasteiger partial charge in [-0.2, -0.15) is 0 Å². The smallest absolute Gasteiger partial charge is 0.242 e. The van der Waals surface area contributed by atoms with Crippen molar-refractivity contribution in [2.45, 2.75) is 135 Å². The molecule has 8 heteroatoms. The molecule has 0 N–H and O–H groups in total. The Bertz CT molecular complexity index is 1000. The predicted molar refractivity (Wildman–Crippen MR) is 170 cm³/mol. The first-order valence-electron chi connectivity index (χ1n) is 15.0. The van der Waals surface area contributed by atoms with Crippen molar-refractivity contribution in [1.82, 2.24) is 0 Å². The van der Waals surface area contributed by atoms with Crippen molar-refractivity contribution in [3.05, 3.63) is 29.3 Å². The van der Waals surface area contributed by atoms with Crippen molar-refractivity contribution < 1.29 is 17.7 Å². The maximum Gasteiger partial charge on any atom is 0.242 e. The topological polar surface area (TPSA) is 36.9 Å². The molecule has 216 valence electrons. The van der Waals surface area contributed by atoms with Crippen molar-refractivity contribution in [3.63, 3.8) is 0 Å². The maximum absolute atomic E-state index is 7.20. The molecule has 0 radical (unpaired) electrons. The van der Waals surface area contributed by atoms with E-state index in [1.54, 1.807) is 5.56 Å². The molecule has 3 aliphatic rings. The van der Waals surface area contributed by atoms with Crippen LogP contribution in [0.1, 0.15) is 43.2 Å². The molecule has 2 saturated carbocycles. The summed E-state index contributed by atoms with van der Waals surface area (Å²) in [6.07, 6.45) is 5.01. The molecule has 0 bridgehead atoms. The van der Waals surface area contributed by atoms with Gasteiger partial charge in [-0.25, -0.2) is 0 Å². The second kappa shape index (κ2) is 10.2. The highest BCUT2D eigenvalue weighted by atomic mass is 28.4. The monoisotopic (exact) mass is 592 g/mol. The van der Waals surface area contributed by atoms with Crippen molar-refractivity contribution >= 4 is 33.3 Å². The van der Waals surface area contributed by atoms with Gasteiger partial charge in [-0.15, -0.1) is 0 Å². The third-order valence-electron chi connectivity index (χ3n) is 8.50. The molecular weight excluding hydrogens is 537 g/mol. The molecular formula is C30H56O4Si4. The molecule has 0 aromatic heterocycles. The zero-order valence-electron chi connectivity index (χ0n) is 26.7. The average Bonchev–Trinajstić information content (AvgIpc) is 2.90. The first-order chi connectivity index (χ1) is 17.2. The van der Waals surface area contributed by atoms with Gasteiger partial charge >= 0.3 is 0 Å². The molecule has 0 amide bonds. The number of benzene rings is 1. The number of rotatable bonds is 8. The van der Waals surface area contributed by atoms with Gasteiger partial charge in [0.05, 0.1) is 18.3 Å². The highest BCUT2D eigenvalue weighted by Gasteiger charge is 2.65. The van der Waals surface area contributed by atoms with Crippen LogP contribution in [0.3, 0.4) is 0 Å². The van der Waals surface area contributed by atoms with E-state index in [2.05, 4.69) is 104 Å². The van der Waals surface area contributed by atoms with Gasteiger partial charge in [-0.05, 0) is 145 Å². The lowest BCUT2D eigenvalue weighted by molar-refractivity contribution is -0.0384. The second-order valence-corrected chi connectivity index (χ2v) is 34.3. The van der Waals surface area contributed by atoms with Gasteiger partial charge in [0, 0.05) is 5.41 Å². The van der Waals surface area contributed by atoms with Crippen LogP contribution in [0.4, 0.5) is 0 Å². The molecule has 0 aliphatic heterocycles. The van der Waals surface area contributed by atoms with Gasteiger partial charge in [-0.1, -0.05) is 13.0 Å². The summed E-state index contributed by atoms with van der Waals surface area (Å²) < 4.78 is 27.8. The lowest BCUT2D eigenvalue weighted by Crippen LogP contribution is -2.50. The summed E-state index contributed by atoms with van der Waals surface area (Å²) in [5, 5.41) is 0. The Morgan fingerprint density at radius 1 is 0.711 bits per heavy atom. The normalized spacial score (nSPS) is 33.9. The van der Waals surface area contributed by atoms with E-state index in [-0.39, 0.29) is 23.7 Å². The molecule has 1 aromatic rings. The zero-order chi connectivity index (χ0) is 28.5. The molecule has 4 nitrogen and oxygen atoms in total. The largest absolute Gasteiger partial charge is 0.544 e. The van der Waals surface area contributed by atoms with E-state index in [1.807, 2.05) is 0 Å². The number of aryl methyl sites for hydroxylation is 1. The summed E-state index contributed by atoms with van der Waals surface area (Å²) in [5.41, 5.74) is 3.15. The summed E-state index contributed by atoms with van der Waals surface area (Å²) in [6, 6.07) is 7.00. The van der Waals surface area contributed by atoms with E-state index in [9.17, 15) is 0 Å². The number of hydrogen-bond donors (Lipinski definition) is 0. The van der Waals surface area contributed by atoms with Gasteiger partial charge in [0.2, 0.25) is 8.32 Å².